The Bertz CT molecular complexity index is 928. The number of aryl methyl sites for hydroxylation is 1. The molecule has 0 radical (unpaired) electrons. The highest BCUT2D eigenvalue weighted by atomic mass is 16.5. The Kier molecular flexibility index (Phi) is 11.3. The third kappa shape index (κ3) is 8.25. The molecule has 0 aliphatic heterocycles. The number of benzene rings is 1. The van der Waals surface area contributed by atoms with E-state index in [-0.39, 0.29) is 23.8 Å². The molecular weight excluding hydrogens is 450 g/mol. The predicted molar refractivity (Wildman–Crippen MR) is 147 cm³/mol. The van der Waals surface area contributed by atoms with Gasteiger partial charge in [0.15, 0.2) is 0 Å². The molecule has 1 aromatic carbocycles. The number of unbranched alkanes of at least 4 members (excludes halogenated alkanes) is 2. The van der Waals surface area contributed by atoms with Crippen molar-refractivity contribution in [3.8, 4) is 11.5 Å². The number of carbonyl (C=O) groups is 2. The number of hydrogen-bond donors (Lipinski definition) is 0. The summed E-state index contributed by atoms with van der Waals surface area (Å²) in [6, 6.07) is 4.72. The van der Waals surface area contributed by atoms with Crippen molar-refractivity contribution in [2.45, 2.75) is 119 Å². The van der Waals surface area contributed by atoms with Crippen LogP contribution < -0.4 is 9.47 Å². The summed E-state index contributed by atoms with van der Waals surface area (Å²) in [5.74, 6) is 0.397. The van der Waals surface area contributed by atoms with Crippen molar-refractivity contribution in [1.29, 1.82) is 0 Å². The molecule has 1 aromatic rings. The van der Waals surface area contributed by atoms with Crippen LogP contribution >= 0.6 is 0 Å². The fourth-order valence-corrected chi connectivity index (χ4v) is 5.28. The van der Waals surface area contributed by atoms with Gasteiger partial charge in [-0.3, -0.25) is 9.59 Å². The predicted octanol–water partition coefficient (Wildman–Crippen LogP) is 7.73. The SMILES string of the molecule is CCCCCc1cc(OC(C)=O)c([C@@H]2C=C(C)CC[C@H]2/C(C)=C/N(C(C)C)C(C)C)c(OC(C)=O)c1. The van der Waals surface area contributed by atoms with E-state index in [9.17, 15) is 9.59 Å². The molecule has 0 heterocycles. The number of allylic oxidation sites excluding steroid dienone is 3. The van der Waals surface area contributed by atoms with Gasteiger partial charge in [-0.1, -0.05) is 37.0 Å². The van der Waals surface area contributed by atoms with Crippen LogP contribution in [0.1, 0.15) is 111 Å². The monoisotopic (exact) mass is 497 g/mol. The summed E-state index contributed by atoms with van der Waals surface area (Å²) in [6.07, 6.45) is 10.7. The molecule has 0 N–H and O–H groups in total. The van der Waals surface area contributed by atoms with E-state index < -0.39 is 0 Å². The summed E-state index contributed by atoms with van der Waals surface area (Å²) in [4.78, 5) is 26.7. The van der Waals surface area contributed by atoms with Crippen LogP contribution in [-0.4, -0.2) is 28.9 Å². The Labute approximate surface area is 218 Å². The fourth-order valence-electron chi connectivity index (χ4n) is 5.28. The number of ether oxygens (including phenoxy) is 2. The molecule has 1 aliphatic carbocycles. The Morgan fingerprint density at radius 1 is 1.00 bits per heavy atom. The van der Waals surface area contributed by atoms with Gasteiger partial charge in [0, 0.05) is 37.4 Å². The Hall–Kier alpha value is -2.56. The van der Waals surface area contributed by atoms with Crippen LogP contribution in [0.2, 0.25) is 0 Å². The highest BCUT2D eigenvalue weighted by Crippen LogP contribution is 2.48. The minimum Gasteiger partial charge on any atom is -0.426 e. The van der Waals surface area contributed by atoms with E-state index in [0.29, 0.717) is 23.6 Å². The zero-order chi connectivity index (χ0) is 27.0. The molecule has 0 amide bonds. The van der Waals surface area contributed by atoms with Crippen LogP contribution in [0.25, 0.3) is 0 Å². The van der Waals surface area contributed by atoms with Crippen molar-refractivity contribution in [2.24, 2.45) is 5.92 Å². The van der Waals surface area contributed by atoms with Gasteiger partial charge in [-0.15, -0.1) is 0 Å². The van der Waals surface area contributed by atoms with E-state index in [2.05, 4.69) is 65.6 Å². The van der Waals surface area contributed by atoms with E-state index >= 15 is 0 Å². The summed E-state index contributed by atoms with van der Waals surface area (Å²) >= 11 is 0. The van der Waals surface area contributed by atoms with Gasteiger partial charge in [-0.2, -0.15) is 0 Å². The Morgan fingerprint density at radius 3 is 2.03 bits per heavy atom. The van der Waals surface area contributed by atoms with Crippen molar-refractivity contribution in [3.05, 3.63) is 46.7 Å². The van der Waals surface area contributed by atoms with Crippen molar-refractivity contribution in [1.82, 2.24) is 4.90 Å². The van der Waals surface area contributed by atoms with Crippen LogP contribution in [0.4, 0.5) is 0 Å². The largest absolute Gasteiger partial charge is 0.426 e. The molecule has 0 saturated heterocycles. The molecule has 36 heavy (non-hydrogen) atoms. The standard InChI is InChI=1S/C31H47NO4/c1-10-11-12-13-26-17-29(35-24(8)33)31(30(18-26)36-25(9)34)28-16-22(6)14-15-27(28)23(7)19-32(20(2)3)21(4)5/h16-21,27-28H,10-15H2,1-9H3/b23-19+/t27-,28+/m0/s1. The molecule has 5 heteroatoms. The summed E-state index contributed by atoms with van der Waals surface area (Å²) in [5.41, 5.74) is 4.38. The molecule has 0 aromatic heterocycles. The maximum atomic E-state index is 12.2. The molecule has 200 valence electrons. The molecule has 5 nitrogen and oxygen atoms in total. The van der Waals surface area contributed by atoms with E-state index in [4.69, 9.17) is 9.47 Å². The maximum absolute atomic E-state index is 12.2. The number of rotatable bonds is 11. The minimum atomic E-state index is -0.373. The van der Waals surface area contributed by atoms with Crippen molar-refractivity contribution in [3.63, 3.8) is 0 Å². The van der Waals surface area contributed by atoms with Crippen LogP contribution in [0.3, 0.4) is 0 Å². The van der Waals surface area contributed by atoms with Gasteiger partial charge in [0.25, 0.3) is 0 Å². The average Bonchev–Trinajstić information content (AvgIpc) is 2.76. The van der Waals surface area contributed by atoms with E-state index in [1.54, 1.807) is 0 Å². The minimum absolute atomic E-state index is 0.0652. The average molecular weight is 498 g/mol. The van der Waals surface area contributed by atoms with Gasteiger partial charge in [0.05, 0.1) is 0 Å². The molecule has 0 unspecified atom stereocenters. The second kappa shape index (κ2) is 13.7. The van der Waals surface area contributed by atoms with Crippen LogP contribution in [0.15, 0.2) is 35.6 Å². The lowest BCUT2D eigenvalue weighted by atomic mass is 9.73. The van der Waals surface area contributed by atoms with Gasteiger partial charge in [0.2, 0.25) is 0 Å². The molecule has 0 fully saturated rings. The summed E-state index contributed by atoms with van der Waals surface area (Å²) in [5, 5.41) is 0. The highest BCUT2D eigenvalue weighted by Gasteiger charge is 2.33. The zero-order valence-electron chi connectivity index (χ0n) is 23.9. The Balaban J connectivity index is 2.69. The first-order chi connectivity index (χ1) is 16.9. The lowest BCUT2D eigenvalue weighted by Gasteiger charge is -2.35. The maximum Gasteiger partial charge on any atom is 0.308 e. The number of carbonyl (C=O) groups excluding carboxylic acids is 2. The van der Waals surface area contributed by atoms with E-state index in [1.807, 2.05) is 12.1 Å². The number of esters is 2. The number of hydrogen-bond acceptors (Lipinski definition) is 5. The highest BCUT2D eigenvalue weighted by molar-refractivity contribution is 5.73. The van der Waals surface area contributed by atoms with E-state index in [1.165, 1.54) is 25.0 Å². The van der Waals surface area contributed by atoms with Crippen molar-refractivity contribution < 1.29 is 19.1 Å². The van der Waals surface area contributed by atoms with Crippen molar-refractivity contribution in [2.75, 3.05) is 0 Å². The normalized spacial score (nSPS) is 18.3. The van der Waals surface area contributed by atoms with E-state index in [0.717, 1.165) is 49.7 Å². The van der Waals surface area contributed by atoms with Gasteiger partial charge in [-0.25, -0.2) is 0 Å². The van der Waals surface area contributed by atoms with Crippen LogP contribution in [-0.2, 0) is 16.0 Å². The summed E-state index contributed by atoms with van der Waals surface area (Å²) < 4.78 is 11.6. The fraction of sp³-hybridized carbons (Fsp3) is 0.613. The van der Waals surface area contributed by atoms with Gasteiger partial charge < -0.3 is 14.4 Å². The second-order valence-electron chi connectivity index (χ2n) is 10.8. The Morgan fingerprint density at radius 2 is 1.56 bits per heavy atom. The topological polar surface area (TPSA) is 55.8 Å². The third-order valence-corrected chi connectivity index (χ3v) is 6.95. The molecule has 0 saturated carbocycles. The van der Waals surface area contributed by atoms with Gasteiger partial charge in [0.1, 0.15) is 11.5 Å². The summed E-state index contributed by atoms with van der Waals surface area (Å²) in [6.45, 7) is 18.2. The molecule has 2 atom stereocenters. The molecule has 0 bridgehead atoms. The molecular formula is C31H47NO4. The molecule has 2 rings (SSSR count). The number of nitrogens with zero attached hydrogens (tertiary/aromatic N) is 1. The quantitative estimate of drug-likeness (QED) is 0.135. The first-order valence-corrected chi connectivity index (χ1v) is 13.6. The first-order valence-electron chi connectivity index (χ1n) is 13.6. The lowest BCUT2D eigenvalue weighted by Crippen LogP contribution is -2.33. The zero-order valence-corrected chi connectivity index (χ0v) is 23.9. The lowest BCUT2D eigenvalue weighted by molar-refractivity contribution is -0.132. The summed E-state index contributed by atoms with van der Waals surface area (Å²) in [7, 11) is 0. The van der Waals surface area contributed by atoms with Crippen LogP contribution in [0, 0.1) is 5.92 Å². The smallest absolute Gasteiger partial charge is 0.308 e. The third-order valence-electron chi connectivity index (χ3n) is 6.95. The van der Waals surface area contributed by atoms with Crippen molar-refractivity contribution >= 4 is 11.9 Å². The van der Waals surface area contributed by atoms with Crippen LogP contribution in [0.5, 0.6) is 11.5 Å². The second-order valence-corrected chi connectivity index (χ2v) is 10.8. The van der Waals surface area contributed by atoms with Gasteiger partial charge >= 0.3 is 11.9 Å². The first kappa shape index (κ1) is 29.7. The molecule has 0 spiro atoms. The van der Waals surface area contributed by atoms with Gasteiger partial charge in [-0.05, 0) is 97.0 Å². The molecule has 1 aliphatic rings.